The molecule has 1 N–H and O–H groups in total. The molecule has 3 heteroatoms. The lowest BCUT2D eigenvalue weighted by atomic mass is 10.1. The van der Waals surface area contributed by atoms with Crippen molar-refractivity contribution < 1.29 is 9.84 Å². The van der Waals surface area contributed by atoms with Crippen LogP contribution in [0.5, 0.6) is 0 Å². The fourth-order valence-corrected chi connectivity index (χ4v) is 2.26. The van der Waals surface area contributed by atoms with E-state index in [1.54, 1.807) is 0 Å². The number of hydrogen-bond donors (Lipinski definition) is 1. The lowest BCUT2D eigenvalue weighted by Gasteiger charge is -2.33. The highest BCUT2D eigenvalue weighted by Gasteiger charge is 2.31. The number of aliphatic hydroxyl groups excluding tert-OH is 1. The average Bonchev–Trinajstić information content (AvgIpc) is 2.53. The number of morpholine rings is 1. The second-order valence-electron chi connectivity index (χ2n) is 3.71. The maximum atomic E-state index is 9.66. The molecule has 2 rings (SSSR count). The van der Waals surface area contributed by atoms with Crippen LogP contribution in [0.4, 0.5) is 0 Å². The molecule has 1 aliphatic carbocycles. The van der Waals surface area contributed by atoms with Crippen LogP contribution in [0, 0.1) is 0 Å². The van der Waals surface area contributed by atoms with Gasteiger partial charge in [-0.05, 0) is 19.3 Å². The molecule has 0 aromatic rings. The third-order valence-corrected chi connectivity index (χ3v) is 2.96. The normalized spacial score (nSPS) is 38.8. The molecule has 70 valence electrons. The van der Waals surface area contributed by atoms with E-state index in [2.05, 4.69) is 4.90 Å². The molecule has 2 aliphatic rings. The summed E-state index contributed by atoms with van der Waals surface area (Å²) in [6.45, 7) is 3.68. The number of ether oxygens (including phenoxy) is 1. The Bertz CT molecular complexity index is 145. The third kappa shape index (κ3) is 1.63. The molecule has 0 aromatic heterocycles. The highest BCUT2D eigenvalue weighted by Crippen LogP contribution is 2.24. The Kier molecular flexibility index (Phi) is 2.63. The molecule has 1 saturated heterocycles. The SMILES string of the molecule is O[C@H]1CCC[C@H]1N1CCOCC1. The molecule has 0 spiro atoms. The van der Waals surface area contributed by atoms with Crippen LogP contribution in [0.1, 0.15) is 19.3 Å². The summed E-state index contributed by atoms with van der Waals surface area (Å²) in [7, 11) is 0. The summed E-state index contributed by atoms with van der Waals surface area (Å²) in [5.74, 6) is 0. The van der Waals surface area contributed by atoms with Gasteiger partial charge in [0, 0.05) is 19.1 Å². The van der Waals surface area contributed by atoms with E-state index in [0.29, 0.717) is 6.04 Å². The predicted molar refractivity (Wildman–Crippen MR) is 46.0 cm³/mol. The Morgan fingerprint density at radius 3 is 2.50 bits per heavy atom. The maximum absolute atomic E-state index is 9.66. The second-order valence-corrected chi connectivity index (χ2v) is 3.71. The van der Waals surface area contributed by atoms with Crippen molar-refractivity contribution in [3.63, 3.8) is 0 Å². The third-order valence-electron chi connectivity index (χ3n) is 2.96. The van der Waals surface area contributed by atoms with Crippen molar-refractivity contribution in [1.29, 1.82) is 0 Å². The molecule has 2 fully saturated rings. The minimum atomic E-state index is -0.0805. The second kappa shape index (κ2) is 3.73. The van der Waals surface area contributed by atoms with Crippen LogP contribution in [0.2, 0.25) is 0 Å². The quantitative estimate of drug-likeness (QED) is 0.613. The molecule has 3 nitrogen and oxygen atoms in total. The first kappa shape index (κ1) is 8.48. The van der Waals surface area contributed by atoms with Gasteiger partial charge in [0.15, 0.2) is 0 Å². The Morgan fingerprint density at radius 2 is 1.92 bits per heavy atom. The van der Waals surface area contributed by atoms with E-state index in [9.17, 15) is 5.11 Å². The van der Waals surface area contributed by atoms with Gasteiger partial charge in [-0.3, -0.25) is 4.90 Å². The number of aliphatic hydroxyl groups is 1. The minimum Gasteiger partial charge on any atom is -0.391 e. The highest BCUT2D eigenvalue weighted by atomic mass is 16.5. The smallest absolute Gasteiger partial charge is 0.0695 e. The van der Waals surface area contributed by atoms with E-state index in [4.69, 9.17) is 4.74 Å². The van der Waals surface area contributed by atoms with Crippen molar-refractivity contribution in [1.82, 2.24) is 4.90 Å². The Balaban J connectivity index is 1.89. The van der Waals surface area contributed by atoms with Gasteiger partial charge in [0.2, 0.25) is 0 Å². The monoisotopic (exact) mass is 171 g/mol. The fraction of sp³-hybridized carbons (Fsp3) is 1.00. The van der Waals surface area contributed by atoms with Gasteiger partial charge in [-0.2, -0.15) is 0 Å². The first-order valence-corrected chi connectivity index (χ1v) is 4.88. The lowest BCUT2D eigenvalue weighted by Crippen LogP contribution is -2.46. The summed E-state index contributed by atoms with van der Waals surface area (Å²) < 4.78 is 5.27. The van der Waals surface area contributed by atoms with Crippen molar-refractivity contribution >= 4 is 0 Å². The highest BCUT2D eigenvalue weighted by molar-refractivity contribution is 4.85. The summed E-state index contributed by atoms with van der Waals surface area (Å²) in [6, 6.07) is 0.425. The largest absolute Gasteiger partial charge is 0.391 e. The molecule has 0 unspecified atom stereocenters. The zero-order chi connectivity index (χ0) is 8.39. The maximum Gasteiger partial charge on any atom is 0.0695 e. The molecular formula is C9H17NO2. The van der Waals surface area contributed by atoms with Gasteiger partial charge in [-0.1, -0.05) is 0 Å². The van der Waals surface area contributed by atoms with Crippen LogP contribution < -0.4 is 0 Å². The van der Waals surface area contributed by atoms with Crippen molar-refractivity contribution in [2.75, 3.05) is 26.3 Å². The van der Waals surface area contributed by atoms with Crippen LogP contribution in [-0.4, -0.2) is 48.5 Å². The molecule has 12 heavy (non-hydrogen) atoms. The molecule has 0 amide bonds. The van der Waals surface area contributed by atoms with Crippen LogP contribution in [0.25, 0.3) is 0 Å². The van der Waals surface area contributed by atoms with Crippen LogP contribution in [0.15, 0.2) is 0 Å². The molecule has 0 radical (unpaired) electrons. The molecular weight excluding hydrogens is 154 g/mol. The van der Waals surface area contributed by atoms with Crippen molar-refractivity contribution in [3.05, 3.63) is 0 Å². The van der Waals surface area contributed by atoms with Gasteiger partial charge in [-0.25, -0.2) is 0 Å². The Labute approximate surface area is 73.3 Å². The van der Waals surface area contributed by atoms with Gasteiger partial charge in [0.05, 0.1) is 19.3 Å². The van der Waals surface area contributed by atoms with E-state index in [1.165, 1.54) is 12.8 Å². The minimum absolute atomic E-state index is 0.0805. The standard InChI is InChI=1S/C9H17NO2/c11-9-3-1-2-8(9)10-4-6-12-7-5-10/h8-9,11H,1-7H2/t8-,9+/m1/s1. The molecule has 1 heterocycles. The van der Waals surface area contributed by atoms with Crippen LogP contribution >= 0.6 is 0 Å². The van der Waals surface area contributed by atoms with Gasteiger partial charge in [0.1, 0.15) is 0 Å². The lowest BCUT2D eigenvalue weighted by molar-refractivity contribution is -0.0113. The summed E-state index contributed by atoms with van der Waals surface area (Å²) in [4.78, 5) is 2.38. The van der Waals surface area contributed by atoms with Crippen LogP contribution in [-0.2, 0) is 4.74 Å². The van der Waals surface area contributed by atoms with E-state index in [1.807, 2.05) is 0 Å². The van der Waals surface area contributed by atoms with Gasteiger partial charge in [-0.15, -0.1) is 0 Å². The Hall–Kier alpha value is -0.120. The van der Waals surface area contributed by atoms with Gasteiger partial charge < -0.3 is 9.84 Å². The summed E-state index contributed by atoms with van der Waals surface area (Å²) in [6.07, 6.45) is 3.26. The van der Waals surface area contributed by atoms with Crippen molar-refractivity contribution in [2.24, 2.45) is 0 Å². The summed E-state index contributed by atoms with van der Waals surface area (Å²) >= 11 is 0. The summed E-state index contributed by atoms with van der Waals surface area (Å²) in [5, 5.41) is 9.66. The molecule has 0 bridgehead atoms. The first-order valence-electron chi connectivity index (χ1n) is 4.88. The zero-order valence-electron chi connectivity index (χ0n) is 7.41. The zero-order valence-corrected chi connectivity index (χ0v) is 7.41. The molecule has 1 aliphatic heterocycles. The van der Waals surface area contributed by atoms with E-state index < -0.39 is 0 Å². The van der Waals surface area contributed by atoms with Crippen molar-refractivity contribution in [3.8, 4) is 0 Å². The average molecular weight is 171 g/mol. The van der Waals surface area contributed by atoms with Gasteiger partial charge in [0.25, 0.3) is 0 Å². The molecule has 0 aromatic carbocycles. The van der Waals surface area contributed by atoms with E-state index in [0.717, 1.165) is 32.7 Å². The topological polar surface area (TPSA) is 32.7 Å². The van der Waals surface area contributed by atoms with E-state index >= 15 is 0 Å². The molecule has 1 saturated carbocycles. The van der Waals surface area contributed by atoms with Crippen LogP contribution in [0.3, 0.4) is 0 Å². The van der Waals surface area contributed by atoms with Crippen molar-refractivity contribution in [2.45, 2.75) is 31.4 Å². The fourth-order valence-electron chi connectivity index (χ4n) is 2.26. The number of nitrogens with zero attached hydrogens (tertiary/aromatic N) is 1. The van der Waals surface area contributed by atoms with Gasteiger partial charge >= 0.3 is 0 Å². The molecule has 2 atom stereocenters. The number of hydrogen-bond acceptors (Lipinski definition) is 3. The van der Waals surface area contributed by atoms with E-state index in [-0.39, 0.29) is 6.10 Å². The first-order chi connectivity index (χ1) is 5.88. The Morgan fingerprint density at radius 1 is 1.17 bits per heavy atom. The summed E-state index contributed by atoms with van der Waals surface area (Å²) in [5.41, 5.74) is 0. The number of rotatable bonds is 1. The predicted octanol–water partition coefficient (Wildman–Crippen LogP) is 0.232.